The molecular weight excluding hydrogens is 338 g/mol. The van der Waals surface area contributed by atoms with Gasteiger partial charge in [0.15, 0.2) is 0 Å². The molecule has 0 saturated heterocycles. The van der Waals surface area contributed by atoms with Crippen LogP contribution in [0.5, 0.6) is 0 Å². The minimum absolute atomic E-state index is 0.281. The van der Waals surface area contributed by atoms with Crippen molar-refractivity contribution in [1.82, 2.24) is 0 Å². The maximum Gasteiger partial charge on any atom is 0.0950 e. The lowest BCUT2D eigenvalue weighted by Gasteiger charge is -2.49. The van der Waals surface area contributed by atoms with Gasteiger partial charge in [0.2, 0.25) is 0 Å². The predicted octanol–water partition coefficient (Wildman–Crippen LogP) is 4.47. The summed E-state index contributed by atoms with van der Waals surface area (Å²) in [7, 11) is 0. The zero-order chi connectivity index (χ0) is 15.0. The Labute approximate surface area is 134 Å². The third-order valence-electron chi connectivity index (χ3n) is 5.11. The van der Waals surface area contributed by atoms with Crippen LogP contribution in [-0.4, -0.2) is 11.7 Å². The Hall–Kier alpha value is -0.0900. The maximum atomic E-state index is 11.2. The summed E-state index contributed by atoms with van der Waals surface area (Å²) in [5, 5.41) is 11.8. The quantitative estimate of drug-likeness (QED) is 0.835. The molecule has 112 valence electrons. The number of aliphatic hydroxyl groups is 1. The van der Waals surface area contributed by atoms with Gasteiger partial charge in [-0.15, -0.1) is 0 Å². The highest BCUT2D eigenvalue weighted by Crippen LogP contribution is 2.51. The van der Waals surface area contributed by atoms with E-state index in [1.165, 1.54) is 0 Å². The van der Waals surface area contributed by atoms with Crippen LogP contribution in [0.2, 0.25) is 5.02 Å². The first kappa shape index (κ1) is 16.3. The molecule has 0 aliphatic heterocycles. The van der Waals surface area contributed by atoms with Crippen LogP contribution in [0.4, 0.5) is 0 Å². The topological polar surface area (TPSA) is 46.2 Å². The van der Waals surface area contributed by atoms with Gasteiger partial charge in [0.1, 0.15) is 0 Å². The van der Waals surface area contributed by atoms with E-state index in [0.717, 1.165) is 35.7 Å². The standard InChI is InChI=1S/C16H23BrClNO/c1-11-5-7-16(10-19,8-6-11)15(2,20)13-4-3-12(17)9-14(13)18/h3-4,9,11,20H,5-8,10,19H2,1-2H3. The fourth-order valence-electron chi connectivity index (χ4n) is 3.37. The van der Waals surface area contributed by atoms with Crippen molar-refractivity contribution >= 4 is 27.5 Å². The van der Waals surface area contributed by atoms with Crippen LogP contribution in [0, 0.1) is 11.3 Å². The van der Waals surface area contributed by atoms with Crippen molar-refractivity contribution in [1.29, 1.82) is 0 Å². The van der Waals surface area contributed by atoms with E-state index in [-0.39, 0.29) is 5.41 Å². The van der Waals surface area contributed by atoms with Crippen LogP contribution in [0.3, 0.4) is 0 Å². The zero-order valence-corrected chi connectivity index (χ0v) is 14.5. The Morgan fingerprint density at radius 2 is 2.05 bits per heavy atom. The number of nitrogens with two attached hydrogens (primary N) is 1. The Kier molecular flexibility index (Phi) is 4.85. The minimum Gasteiger partial charge on any atom is -0.385 e. The van der Waals surface area contributed by atoms with Crippen molar-refractivity contribution in [3.8, 4) is 0 Å². The molecule has 1 aliphatic rings. The fraction of sp³-hybridized carbons (Fsp3) is 0.625. The molecule has 0 radical (unpaired) electrons. The molecule has 0 heterocycles. The number of hydrogen-bond donors (Lipinski definition) is 2. The first-order chi connectivity index (χ1) is 9.32. The third kappa shape index (κ3) is 2.78. The molecule has 1 aliphatic carbocycles. The summed E-state index contributed by atoms with van der Waals surface area (Å²) in [5.74, 6) is 0.714. The molecule has 4 heteroatoms. The van der Waals surface area contributed by atoms with Gasteiger partial charge >= 0.3 is 0 Å². The zero-order valence-electron chi connectivity index (χ0n) is 12.1. The van der Waals surface area contributed by atoms with Crippen molar-refractivity contribution in [2.75, 3.05) is 6.54 Å². The summed E-state index contributed by atoms with van der Waals surface area (Å²) >= 11 is 9.76. The molecule has 2 rings (SSSR count). The van der Waals surface area contributed by atoms with Crippen LogP contribution in [0.15, 0.2) is 22.7 Å². The van der Waals surface area contributed by atoms with E-state index in [1.807, 2.05) is 25.1 Å². The Morgan fingerprint density at radius 1 is 1.45 bits per heavy atom. The summed E-state index contributed by atoms with van der Waals surface area (Å²) in [6.07, 6.45) is 4.12. The van der Waals surface area contributed by atoms with Gasteiger partial charge in [0.05, 0.1) is 5.60 Å². The monoisotopic (exact) mass is 359 g/mol. The molecule has 1 atom stereocenters. The van der Waals surface area contributed by atoms with E-state index in [1.54, 1.807) is 0 Å². The highest BCUT2D eigenvalue weighted by molar-refractivity contribution is 9.10. The average molecular weight is 361 g/mol. The van der Waals surface area contributed by atoms with E-state index < -0.39 is 5.60 Å². The highest BCUT2D eigenvalue weighted by atomic mass is 79.9. The first-order valence-electron chi connectivity index (χ1n) is 7.20. The smallest absolute Gasteiger partial charge is 0.0950 e. The van der Waals surface area contributed by atoms with Crippen LogP contribution >= 0.6 is 27.5 Å². The summed E-state index contributed by atoms with van der Waals surface area (Å²) in [6, 6.07) is 5.66. The summed E-state index contributed by atoms with van der Waals surface area (Å²) in [5.41, 5.74) is 5.57. The Morgan fingerprint density at radius 3 is 2.55 bits per heavy atom. The van der Waals surface area contributed by atoms with E-state index in [2.05, 4.69) is 22.9 Å². The lowest BCUT2D eigenvalue weighted by molar-refractivity contribution is -0.0969. The van der Waals surface area contributed by atoms with Crippen molar-refractivity contribution in [2.24, 2.45) is 17.1 Å². The summed E-state index contributed by atoms with van der Waals surface area (Å²) in [4.78, 5) is 0. The third-order valence-corrected chi connectivity index (χ3v) is 5.92. The van der Waals surface area contributed by atoms with E-state index in [4.69, 9.17) is 17.3 Å². The molecule has 1 aromatic carbocycles. The van der Waals surface area contributed by atoms with Gasteiger partial charge in [-0.05, 0) is 37.8 Å². The molecular formula is C16H23BrClNO. The lowest BCUT2D eigenvalue weighted by atomic mass is 9.60. The van der Waals surface area contributed by atoms with Crippen molar-refractivity contribution < 1.29 is 5.11 Å². The largest absolute Gasteiger partial charge is 0.385 e. The first-order valence-corrected chi connectivity index (χ1v) is 8.37. The van der Waals surface area contributed by atoms with Crippen LogP contribution in [0.25, 0.3) is 0 Å². The molecule has 1 unspecified atom stereocenters. The van der Waals surface area contributed by atoms with Crippen LogP contribution in [0.1, 0.15) is 45.1 Å². The van der Waals surface area contributed by atoms with Crippen LogP contribution < -0.4 is 5.73 Å². The van der Waals surface area contributed by atoms with Gasteiger partial charge in [-0.25, -0.2) is 0 Å². The fourth-order valence-corrected chi connectivity index (χ4v) is 4.23. The number of benzene rings is 1. The van der Waals surface area contributed by atoms with Crippen LogP contribution in [-0.2, 0) is 5.60 Å². The molecule has 2 nitrogen and oxygen atoms in total. The van der Waals surface area contributed by atoms with Gasteiger partial charge in [-0.1, -0.05) is 53.4 Å². The number of hydrogen-bond acceptors (Lipinski definition) is 2. The van der Waals surface area contributed by atoms with Gasteiger partial charge in [0.25, 0.3) is 0 Å². The van der Waals surface area contributed by atoms with Gasteiger partial charge in [0, 0.05) is 27.0 Å². The average Bonchev–Trinajstić information content (AvgIpc) is 2.39. The van der Waals surface area contributed by atoms with E-state index >= 15 is 0 Å². The Bertz CT molecular complexity index is 481. The lowest BCUT2D eigenvalue weighted by Crippen LogP contribution is -2.50. The van der Waals surface area contributed by atoms with E-state index in [9.17, 15) is 5.11 Å². The van der Waals surface area contributed by atoms with E-state index in [0.29, 0.717) is 17.5 Å². The van der Waals surface area contributed by atoms with Crippen molar-refractivity contribution in [3.05, 3.63) is 33.3 Å². The molecule has 0 spiro atoms. The molecule has 0 bridgehead atoms. The number of rotatable bonds is 3. The highest BCUT2D eigenvalue weighted by Gasteiger charge is 2.49. The molecule has 0 amide bonds. The second-order valence-corrected chi connectivity index (χ2v) is 7.69. The summed E-state index contributed by atoms with van der Waals surface area (Å²) < 4.78 is 0.918. The second kappa shape index (κ2) is 5.96. The van der Waals surface area contributed by atoms with Gasteiger partial charge in [-0.2, -0.15) is 0 Å². The molecule has 1 saturated carbocycles. The molecule has 20 heavy (non-hydrogen) atoms. The SMILES string of the molecule is CC1CCC(CN)(C(C)(O)c2ccc(Br)cc2Cl)CC1. The van der Waals surface area contributed by atoms with Crippen molar-refractivity contribution in [2.45, 2.75) is 45.1 Å². The predicted molar refractivity (Wildman–Crippen MR) is 87.8 cm³/mol. The minimum atomic E-state index is -1.00. The summed E-state index contributed by atoms with van der Waals surface area (Å²) in [6.45, 7) is 4.62. The molecule has 3 N–H and O–H groups in total. The second-order valence-electron chi connectivity index (χ2n) is 6.36. The molecule has 1 fully saturated rings. The molecule has 1 aromatic rings. The number of halogens is 2. The maximum absolute atomic E-state index is 11.2. The molecule has 0 aromatic heterocycles. The van der Waals surface area contributed by atoms with Gasteiger partial charge < -0.3 is 10.8 Å². The normalized spacial score (nSPS) is 30.0. The van der Waals surface area contributed by atoms with Gasteiger partial charge in [-0.3, -0.25) is 0 Å². The van der Waals surface area contributed by atoms with Crippen molar-refractivity contribution in [3.63, 3.8) is 0 Å². The Balaban J connectivity index is 2.41.